The monoisotopic (exact) mass is 325 g/mol. The molecule has 102 valence electrons. The van der Waals surface area contributed by atoms with Crippen LogP contribution in [0.1, 0.15) is 37.3 Å². The fourth-order valence-electron chi connectivity index (χ4n) is 1.92. The van der Waals surface area contributed by atoms with Crippen LogP contribution >= 0.6 is 15.9 Å². The Morgan fingerprint density at radius 1 is 1.32 bits per heavy atom. The van der Waals surface area contributed by atoms with Gasteiger partial charge in [-0.2, -0.15) is 0 Å². The van der Waals surface area contributed by atoms with Gasteiger partial charge in [0.05, 0.1) is 0 Å². The maximum absolute atomic E-state index is 11.7. The molecule has 1 aromatic carbocycles. The molecule has 1 aliphatic rings. The summed E-state index contributed by atoms with van der Waals surface area (Å²) in [5, 5.41) is 11.8. The summed E-state index contributed by atoms with van der Waals surface area (Å²) in [5.74, 6) is -0.564. The lowest BCUT2D eigenvalue weighted by atomic mass is 10.1. The van der Waals surface area contributed by atoms with Crippen molar-refractivity contribution >= 4 is 27.8 Å². The molecule has 1 atom stereocenters. The van der Waals surface area contributed by atoms with Crippen molar-refractivity contribution in [1.29, 1.82) is 0 Å². The van der Waals surface area contributed by atoms with Crippen LogP contribution in [0.4, 0.5) is 0 Å². The fraction of sp³-hybridized carbons (Fsp3) is 0.429. The zero-order valence-corrected chi connectivity index (χ0v) is 12.0. The number of carboxylic acids is 1. The highest BCUT2D eigenvalue weighted by molar-refractivity contribution is 9.10. The predicted molar refractivity (Wildman–Crippen MR) is 74.6 cm³/mol. The van der Waals surface area contributed by atoms with Crippen LogP contribution in [-0.2, 0) is 9.59 Å². The van der Waals surface area contributed by atoms with E-state index in [1.165, 1.54) is 12.8 Å². The first-order valence-corrected chi connectivity index (χ1v) is 7.13. The minimum Gasteiger partial charge on any atom is -0.479 e. The van der Waals surface area contributed by atoms with Gasteiger partial charge in [0.2, 0.25) is 5.91 Å². The maximum Gasteiger partial charge on any atom is 0.330 e. The Morgan fingerprint density at radius 2 is 1.95 bits per heavy atom. The predicted octanol–water partition coefficient (Wildman–Crippen LogP) is 2.88. The van der Waals surface area contributed by atoms with Crippen LogP contribution in [0.5, 0.6) is 0 Å². The average molecular weight is 326 g/mol. The summed E-state index contributed by atoms with van der Waals surface area (Å²) in [7, 11) is 0. The molecule has 1 unspecified atom stereocenters. The van der Waals surface area contributed by atoms with Crippen molar-refractivity contribution in [2.24, 2.45) is 5.92 Å². The summed E-state index contributed by atoms with van der Waals surface area (Å²) >= 11 is 3.30. The van der Waals surface area contributed by atoms with Gasteiger partial charge < -0.3 is 10.4 Å². The van der Waals surface area contributed by atoms with Crippen molar-refractivity contribution in [1.82, 2.24) is 5.32 Å². The van der Waals surface area contributed by atoms with Crippen LogP contribution in [0, 0.1) is 5.92 Å². The number of hydrogen-bond acceptors (Lipinski definition) is 2. The van der Waals surface area contributed by atoms with Gasteiger partial charge in [-0.3, -0.25) is 4.79 Å². The molecule has 0 saturated heterocycles. The molecule has 4 nitrogen and oxygen atoms in total. The third-order valence-electron chi connectivity index (χ3n) is 3.23. The zero-order chi connectivity index (χ0) is 13.8. The molecule has 1 amide bonds. The third-order valence-corrected chi connectivity index (χ3v) is 3.76. The molecule has 0 bridgehead atoms. The average Bonchev–Trinajstić information content (AvgIpc) is 3.18. The van der Waals surface area contributed by atoms with Crippen molar-refractivity contribution < 1.29 is 14.7 Å². The summed E-state index contributed by atoms with van der Waals surface area (Å²) in [5.41, 5.74) is 0.579. The number of rotatable bonds is 6. The molecule has 0 heterocycles. The SMILES string of the molecule is O=C(CCC1CC1)NC(C(=O)O)c1ccc(Br)cc1. The van der Waals surface area contributed by atoms with E-state index in [9.17, 15) is 14.7 Å². The second-order valence-corrected chi connectivity index (χ2v) is 5.79. The number of carboxylic acid groups (broad SMARTS) is 1. The second-order valence-electron chi connectivity index (χ2n) is 4.87. The van der Waals surface area contributed by atoms with Crippen LogP contribution in [0.15, 0.2) is 28.7 Å². The zero-order valence-electron chi connectivity index (χ0n) is 10.4. The molecule has 0 spiro atoms. The van der Waals surface area contributed by atoms with Crippen molar-refractivity contribution in [3.05, 3.63) is 34.3 Å². The highest BCUT2D eigenvalue weighted by atomic mass is 79.9. The van der Waals surface area contributed by atoms with Crippen LogP contribution < -0.4 is 5.32 Å². The maximum atomic E-state index is 11.7. The van der Waals surface area contributed by atoms with Crippen LogP contribution in [-0.4, -0.2) is 17.0 Å². The van der Waals surface area contributed by atoms with Gasteiger partial charge in [-0.1, -0.05) is 40.9 Å². The Bertz CT molecular complexity index is 468. The van der Waals surface area contributed by atoms with Crippen LogP contribution in [0.2, 0.25) is 0 Å². The van der Waals surface area contributed by atoms with E-state index in [1.807, 2.05) is 0 Å². The molecular formula is C14H16BrNO3. The van der Waals surface area contributed by atoms with Gasteiger partial charge in [0.15, 0.2) is 6.04 Å². The Kier molecular flexibility index (Phi) is 4.58. The van der Waals surface area contributed by atoms with Crippen molar-refractivity contribution in [3.8, 4) is 0 Å². The molecule has 0 aromatic heterocycles. The van der Waals surface area contributed by atoms with Gasteiger partial charge in [0.25, 0.3) is 0 Å². The van der Waals surface area contributed by atoms with E-state index in [1.54, 1.807) is 24.3 Å². The molecule has 2 rings (SSSR count). The van der Waals surface area contributed by atoms with E-state index in [-0.39, 0.29) is 5.91 Å². The van der Waals surface area contributed by atoms with Gasteiger partial charge in [-0.25, -0.2) is 4.79 Å². The lowest BCUT2D eigenvalue weighted by Crippen LogP contribution is -2.33. The molecule has 0 radical (unpaired) electrons. The highest BCUT2D eigenvalue weighted by Crippen LogP contribution is 2.33. The minimum atomic E-state index is -1.04. The Hall–Kier alpha value is -1.36. The van der Waals surface area contributed by atoms with E-state index in [2.05, 4.69) is 21.2 Å². The second kappa shape index (κ2) is 6.19. The Labute approximate surface area is 120 Å². The topological polar surface area (TPSA) is 66.4 Å². The number of carbonyl (C=O) groups excluding carboxylic acids is 1. The molecule has 2 N–H and O–H groups in total. The third kappa shape index (κ3) is 4.35. The van der Waals surface area contributed by atoms with Crippen LogP contribution in [0.3, 0.4) is 0 Å². The Morgan fingerprint density at radius 3 is 2.47 bits per heavy atom. The van der Waals surface area contributed by atoms with E-state index >= 15 is 0 Å². The number of halogens is 1. The number of nitrogens with one attached hydrogen (secondary N) is 1. The molecule has 0 aliphatic heterocycles. The lowest BCUT2D eigenvalue weighted by molar-refractivity contribution is -0.142. The molecule has 1 aliphatic carbocycles. The molecule has 5 heteroatoms. The summed E-state index contributed by atoms with van der Waals surface area (Å²) in [4.78, 5) is 23.0. The fourth-order valence-corrected chi connectivity index (χ4v) is 2.18. The number of carbonyl (C=O) groups is 2. The largest absolute Gasteiger partial charge is 0.479 e. The molecule has 1 saturated carbocycles. The van der Waals surface area contributed by atoms with Crippen molar-refractivity contribution in [3.63, 3.8) is 0 Å². The summed E-state index contributed by atoms with van der Waals surface area (Å²) in [6.45, 7) is 0. The summed E-state index contributed by atoms with van der Waals surface area (Å²) in [6.07, 6.45) is 3.66. The first kappa shape index (κ1) is 14.1. The quantitative estimate of drug-likeness (QED) is 0.845. The number of hydrogen-bond donors (Lipinski definition) is 2. The molecular weight excluding hydrogens is 310 g/mol. The van der Waals surface area contributed by atoms with Gasteiger partial charge in [-0.05, 0) is 30.0 Å². The minimum absolute atomic E-state index is 0.192. The van der Waals surface area contributed by atoms with E-state index in [4.69, 9.17) is 0 Å². The van der Waals surface area contributed by atoms with Gasteiger partial charge in [0, 0.05) is 10.9 Å². The summed E-state index contributed by atoms with van der Waals surface area (Å²) in [6, 6.07) is 5.96. The van der Waals surface area contributed by atoms with Gasteiger partial charge >= 0.3 is 5.97 Å². The van der Waals surface area contributed by atoms with E-state index < -0.39 is 12.0 Å². The first-order valence-electron chi connectivity index (χ1n) is 6.34. The Balaban J connectivity index is 1.96. The number of aliphatic carboxylic acids is 1. The highest BCUT2D eigenvalue weighted by Gasteiger charge is 2.25. The number of benzene rings is 1. The molecule has 19 heavy (non-hydrogen) atoms. The molecule has 1 aromatic rings. The van der Waals surface area contributed by atoms with Crippen molar-refractivity contribution in [2.45, 2.75) is 31.7 Å². The van der Waals surface area contributed by atoms with E-state index in [0.29, 0.717) is 17.9 Å². The standard InChI is InChI=1S/C14H16BrNO3/c15-11-6-4-10(5-7-11)13(14(18)19)16-12(17)8-3-9-1-2-9/h4-7,9,13H,1-3,8H2,(H,16,17)(H,18,19). The molecule has 1 fully saturated rings. The van der Waals surface area contributed by atoms with Crippen molar-refractivity contribution in [2.75, 3.05) is 0 Å². The first-order chi connectivity index (χ1) is 9.06. The normalized spacial score (nSPS) is 15.8. The number of amides is 1. The van der Waals surface area contributed by atoms with E-state index in [0.717, 1.165) is 10.9 Å². The van der Waals surface area contributed by atoms with Gasteiger partial charge in [0.1, 0.15) is 0 Å². The van der Waals surface area contributed by atoms with Gasteiger partial charge in [-0.15, -0.1) is 0 Å². The smallest absolute Gasteiger partial charge is 0.330 e. The lowest BCUT2D eigenvalue weighted by Gasteiger charge is -2.15. The summed E-state index contributed by atoms with van der Waals surface area (Å²) < 4.78 is 0.875. The van der Waals surface area contributed by atoms with Crippen LogP contribution in [0.25, 0.3) is 0 Å².